The minimum atomic E-state index is -0.655. The Hall–Kier alpha value is -1.42. The zero-order valence-electron chi connectivity index (χ0n) is 8.93. The van der Waals surface area contributed by atoms with Gasteiger partial charge in [-0.1, -0.05) is 0 Å². The van der Waals surface area contributed by atoms with Gasteiger partial charge in [-0.05, 0) is 25.0 Å². The molecule has 0 amide bonds. The maximum absolute atomic E-state index is 10.9. The normalized spacial score (nSPS) is 12.2. The number of aliphatic hydroxyl groups excluding tert-OH is 1. The van der Waals surface area contributed by atoms with Crippen molar-refractivity contribution in [2.75, 3.05) is 7.11 Å². The van der Waals surface area contributed by atoms with Crippen LogP contribution in [0.2, 0.25) is 0 Å². The molecule has 1 rings (SSSR count). The van der Waals surface area contributed by atoms with Gasteiger partial charge >= 0.3 is 5.97 Å². The van der Waals surface area contributed by atoms with Crippen LogP contribution in [0.5, 0.6) is 0 Å². The highest BCUT2D eigenvalue weighted by Crippen LogP contribution is 2.20. The van der Waals surface area contributed by atoms with E-state index >= 15 is 0 Å². The van der Waals surface area contributed by atoms with Crippen LogP contribution in [0.3, 0.4) is 0 Å². The van der Waals surface area contributed by atoms with E-state index in [1.165, 1.54) is 7.11 Å². The van der Waals surface area contributed by atoms with Gasteiger partial charge in [0.25, 0.3) is 0 Å². The third kappa shape index (κ3) is 3.32. The number of aliphatic hydroxyl groups is 1. The third-order valence-electron chi connectivity index (χ3n) is 2.29. The van der Waals surface area contributed by atoms with Gasteiger partial charge in [-0.15, -0.1) is 0 Å². The van der Waals surface area contributed by atoms with Crippen molar-refractivity contribution in [2.24, 2.45) is 0 Å². The number of rotatable bonds is 4. The molecule has 1 N–H and O–H groups in total. The van der Waals surface area contributed by atoms with Gasteiger partial charge in [0, 0.05) is 24.4 Å². The molecule has 1 aromatic heterocycles. The number of carbonyl (C=O) groups is 1. The number of ether oxygens (including phenoxy) is 1. The second kappa shape index (κ2) is 5.46. The van der Waals surface area contributed by atoms with E-state index < -0.39 is 6.10 Å². The van der Waals surface area contributed by atoms with Crippen LogP contribution >= 0.6 is 0 Å². The number of aryl methyl sites for hydroxylation is 1. The van der Waals surface area contributed by atoms with Crippen molar-refractivity contribution in [1.82, 2.24) is 4.98 Å². The Morgan fingerprint density at radius 3 is 3.00 bits per heavy atom. The van der Waals surface area contributed by atoms with Gasteiger partial charge in [0.2, 0.25) is 0 Å². The van der Waals surface area contributed by atoms with E-state index in [9.17, 15) is 9.90 Å². The number of aromatic nitrogens is 1. The summed E-state index contributed by atoms with van der Waals surface area (Å²) in [6.45, 7) is 1.90. The van der Waals surface area contributed by atoms with Crippen LogP contribution in [0.1, 0.15) is 30.1 Å². The molecule has 0 saturated heterocycles. The van der Waals surface area contributed by atoms with Crippen LogP contribution in [-0.2, 0) is 9.53 Å². The second-order valence-corrected chi connectivity index (χ2v) is 3.36. The van der Waals surface area contributed by atoms with Crippen LogP contribution in [0.15, 0.2) is 18.5 Å². The topological polar surface area (TPSA) is 59.4 Å². The molecular formula is C11H15NO3. The predicted molar refractivity (Wildman–Crippen MR) is 55.2 cm³/mol. The Morgan fingerprint density at radius 2 is 2.40 bits per heavy atom. The molecule has 1 unspecified atom stereocenters. The summed E-state index contributed by atoms with van der Waals surface area (Å²) in [4.78, 5) is 14.8. The first-order valence-electron chi connectivity index (χ1n) is 4.80. The van der Waals surface area contributed by atoms with Gasteiger partial charge in [-0.25, -0.2) is 0 Å². The number of methoxy groups -OCH3 is 1. The molecule has 0 fully saturated rings. The molecule has 1 heterocycles. The highest BCUT2D eigenvalue weighted by molar-refractivity contribution is 5.69. The van der Waals surface area contributed by atoms with Gasteiger partial charge in [0.15, 0.2) is 0 Å². The maximum atomic E-state index is 10.9. The van der Waals surface area contributed by atoms with Gasteiger partial charge < -0.3 is 9.84 Å². The molecule has 0 aromatic carbocycles. The second-order valence-electron chi connectivity index (χ2n) is 3.36. The standard InChI is InChI=1S/C11H15NO3/c1-8-5-6-12-7-9(8)10(13)3-4-11(14)15-2/h5-7,10,13H,3-4H2,1-2H3. The van der Waals surface area contributed by atoms with Gasteiger partial charge in [-0.2, -0.15) is 0 Å². The average molecular weight is 209 g/mol. The minimum Gasteiger partial charge on any atom is -0.469 e. The Balaban J connectivity index is 2.57. The first-order valence-corrected chi connectivity index (χ1v) is 4.80. The fourth-order valence-corrected chi connectivity index (χ4v) is 1.34. The van der Waals surface area contributed by atoms with Gasteiger partial charge in [-0.3, -0.25) is 9.78 Å². The lowest BCUT2D eigenvalue weighted by molar-refractivity contribution is -0.141. The number of nitrogens with zero attached hydrogens (tertiary/aromatic N) is 1. The summed E-state index contributed by atoms with van der Waals surface area (Å²) >= 11 is 0. The smallest absolute Gasteiger partial charge is 0.305 e. The summed E-state index contributed by atoms with van der Waals surface area (Å²) in [5.74, 6) is -0.310. The number of hydrogen-bond donors (Lipinski definition) is 1. The zero-order chi connectivity index (χ0) is 11.3. The van der Waals surface area contributed by atoms with E-state index in [-0.39, 0.29) is 12.4 Å². The lowest BCUT2D eigenvalue weighted by atomic mass is 10.0. The van der Waals surface area contributed by atoms with Crippen molar-refractivity contribution in [3.63, 3.8) is 0 Å². The maximum Gasteiger partial charge on any atom is 0.305 e. The van der Waals surface area contributed by atoms with Crippen molar-refractivity contribution in [3.05, 3.63) is 29.6 Å². The molecule has 4 heteroatoms. The first-order chi connectivity index (χ1) is 7.15. The molecule has 0 bridgehead atoms. The molecule has 82 valence electrons. The number of esters is 1. The van der Waals surface area contributed by atoms with Crippen LogP contribution in [0, 0.1) is 6.92 Å². The highest BCUT2D eigenvalue weighted by Gasteiger charge is 2.12. The molecule has 0 aliphatic heterocycles. The van der Waals surface area contributed by atoms with E-state index in [0.717, 1.165) is 11.1 Å². The van der Waals surface area contributed by atoms with Gasteiger partial charge in [0.1, 0.15) is 0 Å². The van der Waals surface area contributed by atoms with Crippen LogP contribution in [0.25, 0.3) is 0 Å². The first kappa shape index (κ1) is 11.7. The van der Waals surface area contributed by atoms with Crippen LogP contribution < -0.4 is 0 Å². The van der Waals surface area contributed by atoms with Crippen molar-refractivity contribution in [2.45, 2.75) is 25.9 Å². The van der Waals surface area contributed by atoms with Crippen LogP contribution in [0.4, 0.5) is 0 Å². The van der Waals surface area contributed by atoms with Crippen LogP contribution in [-0.4, -0.2) is 23.2 Å². The molecule has 4 nitrogen and oxygen atoms in total. The Labute approximate surface area is 88.9 Å². The Morgan fingerprint density at radius 1 is 1.67 bits per heavy atom. The number of hydrogen-bond acceptors (Lipinski definition) is 4. The van der Waals surface area contributed by atoms with Crippen molar-refractivity contribution < 1.29 is 14.6 Å². The number of carbonyl (C=O) groups excluding carboxylic acids is 1. The summed E-state index contributed by atoms with van der Waals surface area (Å²) in [6, 6.07) is 1.83. The van der Waals surface area contributed by atoms with E-state index in [4.69, 9.17) is 0 Å². The van der Waals surface area contributed by atoms with E-state index in [1.807, 2.05) is 13.0 Å². The average Bonchev–Trinajstić information content (AvgIpc) is 2.26. The predicted octanol–water partition coefficient (Wildman–Crippen LogP) is 1.38. The molecule has 0 aliphatic carbocycles. The molecule has 0 spiro atoms. The lowest BCUT2D eigenvalue weighted by Crippen LogP contribution is -2.06. The van der Waals surface area contributed by atoms with E-state index in [1.54, 1.807) is 12.4 Å². The Kier molecular flexibility index (Phi) is 4.24. The highest BCUT2D eigenvalue weighted by atomic mass is 16.5. The summed E-state index contributed by atoms with van der Waals surface area (Å²) in [7, 11) is 1.34. The molecule has 1 atom stereocenters. The number of pyridine rings is 1. The molecule has 1 aromatic rings. The lowest BCUT2D eigenvalue weighted by Gasteiger charge is -2.11. The summed E-state index contributed by atoms with van der Waals surface area (Å²) < 4.78 is 4.50. The van der Waals surface area contributed by atoms with Crippen molar-refractivity contribution in [3.8, 4) is 0 Å². The van der Waals surface area contributed by atoms with Crippen molar-refractivity contribution in [1.29, 1.82) is 0 Å². The largest absolute Gasteiger partial charge is 0.469 e. The zero-order valence-corrected chi connectivity index (χ0v) is 8.93. The monoisotopic (exact) mass is 209 g/mol. The van der Waals surface area contributed by atoms with E-state index in [2.05, 4.69) is 9.72 Å². The summed E-state index contributed by atoms with van der Waals surface area (Å²) in [5, 5.41) is 9.80. The molecule has 0 aliphatic rings. The minimum absolute atomic E-state index is 0.214. The van der Waals surface area contributed by atoms with E-state index in [0.29, 0.717) is 6.42 Å². The molecular weight excluding hydrogens is 194 g/mol. The fourth-order valence-electron chi connectivity index (χ4n) is 1.34. The summed E-state index contributed by atoms with van der Waals surface area (Å²) in [5.41, 5.74) is 1.74. The Bertz CT molecular complexity index is 338. The summed E-state index contributed by atoms with van der Waals surface area (Å²) in [6.07, 6.45) is 3.21. The quantitative estimate of drug-likeness (QED) is 0.761. The van der Waals surface area contributed by atoms with Crippen molar-refractivity contribution >= 4 is 5.97 Å². The third-order valence-corrected chi connectivity index (χ3v) is 2.29. The molecule has 0 radical (unpaired) electrons. The molecule has 15 heavy (non-hydrogen) atoms. The molecule has 0 saturated carbocycles. The van der Waals surface area contributed by atoms with Gasteiger partial charge in [0.05, 0.1) is 13.2 Å². The SMILES string of the molecule is COC(=O)CCC(O)c1cnccc1C. The fraction of sp³-hybridized carbons (Fsp3) is 0.455.